The molecule has 0 bridgehead atoms. The van der Waals surface area contributed by atoms with Gasteiger partial charge < -0.3 is 15.0 Å². The molecular weight excluding hydrogens is 312 g/mol. The van der Waals surface area contributed by atoms with Gasteiger partial charge in [-0.25, -0.2) is 4.79 Å². The molecule has 1 saturated heterocycles. The zero-order chi connectivity index (χ0) is 17.5. The molecule has 1 rings (SSSR count). The Bertz CT molecular complexity index is 396. The highest BCUT2D eigenvalue weighted by molar-refractivity contribution is 7.84. The molecule has 0 saturated carbocycles. The summed E-state index contributed by atoms with van der Waals surface area (Å²) >= 11 is 0. The van der Waals surface area contributed by atoms with E-state index >= 15 is 0 Å². The molecule has 1 amide bonds. The molecule has 1 aliphatic rings. The van der Waals surface area contributed by atoms with Crippen LogP contribution in [0, 0.1) is 0 Å². The van der Waals surface area contributed by atoms with Crippen LogP contribution < -0.4 is 5.32 Å². The highest BCUT2D eigenvalue weighted by atomic mass is 32.2. The van der Waals surface area contributed by atoms with E-state index in [0.717, 1.165) is 38.8 Å². The zero-order valence-electron chi connectivity index (χ0n) is 15.4. The summed E-state index contributed by atoms with van der Waals surface area (Å²) in [6.45, 7) is 11.3. The standard InChI is InChI=1S/C17H34N2O3S/c1-6-23(21)12-10-18-14(2)13-15-9-7-8-11-19(15)16(20)22-17(3,4)5/h14-15,18H,6-13H2,1-5H3. The van der Waals surface area contributed by atoms with Crippen LogP contribution in [-0.2, 0) is 15.5 Å². The van der Waals surface area contributed by atoms with Crippen molar-refractivity contribution in [1.29, 1.82) is 0 Å². The van der Waals surface area contributed by atoms with Crippen LogP contribution in [-0.4, -0.2) is 57.5 Å². The first-order chi connectivity index (χ1) is 10.7. The average molecular weight is 347 g/mol. The van der Waals surface area contributed by atoms with Crippen molar-refractivity contribution in [3.63, 3.8) is 0 Å². The monoisotopic (exact) mass is 346 g/mol. The lowest BCUT2D eigenvalue weighted by Gasteiger charge is -2.38. The highest BCUT2D eigenvalue weighted by Gasteiger charge is 2.31. The van der Waals surface area contributed by atoms with Crippen LogP contribution in [0.1, 0.15) is 60.3 Å². The third-order valence-corrected chi connectivity index (χ3v) is 5.33. The van der Waals surface area contributed by atoms with Gasteiger partial charge >= 0.3 is 6.09 Å². The number of piperidine rings is 1. The smallest absolute Gasteiger partial charge is 0.410 e. The first-order valence-electron chi connectivity index (χ1n) is 8.81. The molecule has 23 heavy (non-hydrogen) atoms. The Morgan fingerprint density at radius 3 is 2.70 bits per heavy atom. The maximum absolute atomic E-state index is 12.4. The maximum atomic E-state index is 12.4. The molecule has 0 radical (unpaired) electrons. The van der Waals surface area contributed by atoms with E-state index in [1.165, 1.54) is 0 Å². The Balaban J connectivity index is 2.47. The third kappa shape index (κ3) is 8.15. The number of carbonyl (C=O) groups is 1. The van der Waals surface area contributed by atoms with Crippen molar-refractivity contribution in [2.45, 2.75) is 78.0 Å². The van der Waals surface area contributed by atoms with Crippen molar-refractivity contribution in [1.82, 2.24) is 10.2 Å². The van der Waals surface area contributed by atoms with Gasteiger partial charge in [-0.05, 0) is 53.4 Å². The molecule has 1 fully saturated rings. The largest absolute Gasteiger partial charge is 0.444 e. The molecule has 0 aromatic carbocycles. The summed E-state index contributed by atoms with van der Waals surface area (Å²) in [6, 6.07) is 0.537. The third-order valence-electron chi connectivity index (χ3n) is 4.03. The molecule has 0 spiro atoms. The molecule has 6 heteroatoms. The molecular formula is C17H34N2O3S. The lowest BCUT2D eigenvalue weighted by Crippen LogP contribution is -2.48. The maximum Gasteiger partial charge on any atom is 0.410 e. The van der Waals surface area contributed by atoms with Crippen LogP contribution in [0.4, 0.5) is 4.79 Å². The van der Waals surface area contributed by atoms with Gasteiger partial charge in [0.15, 0.2) is 0 Å². The van der Waals surface area contributed by atoms with E-state index in [1.807, 2.05) is 32.6 Å². The number of carbonyl (C=O) groups excluding carboxylic acids is 1. The summed E-state index contributed by atoms with van der Waals surface area (Å²) in [4.78, 5) is 14.3. The van der Waals surface area contributed by atoms with Gasteiger partial charge in [-0.1, -0.05) is 6.92 Å². The molecule has 1 N–H and O–H groups in total. The first kappa shape index (κ1) is 20.4. The molecule has 5 nitrogen and oxygen atoms in total. The normalized spacial score (nSPS) is 21.8. The topological polar surface area (TPSA) is 58.6 Å². The summed E-state index contributed by atoms with van der Waals surface area (Å²) < 4.78 is 17.0. The Morgan fingerprint density at radius 2 is 2.09 bits per heavy atom. The fourth-order valence-electron chi connectivity index (χ4n) is 2.86. The SMILES string of the molecule is CCS(=O)CCNC(C)CC1CCCCN1C(=O)OC(C)(C)C. The summed E-state index contributed by atoms with van der Waals surface area (Å²) in [6.07, 6.45) is 3.97. The molecule has 1 heterocycles. The van der Waals surface area contributed by atoms with Gasteiger partial charge in [-0.2, -0.15) is 0 Å². The van der Waals surface area contributed by atoms with Crippen LogP contribution >= 0.6 is 0 Å². The summed E-state index contributed by atoms with van der Waals surface area (Å²) in [5, 5.41) is 3.43. The van der Waals surface area contributed by atoms with E-state index in [2.05, 4.69) is 12.2 Å². The summed E-state index contributed by atoms with van der Waals surface area (Å²) in [5.41, 5.74) is -0.451. The summed E-state index contributed by atoms with van der Waals surface area (Å²) in [7, 11) is -0.723. The predicted octanol–water partition coefficient (Wildman–Crippen LogP) is 2.91. The minimum atomic E-state index is -0.723. The summed E-state index contributed by atoms with van der Waals surface area (Å²) in [5.74, 6) is 1.41. The van der Waals surface area contributed by atoms with E-state index in [-0.39, 0.29) is 12.1 Å². The molecule has 1 aliphatic heterocycles. The van der Waals surface area contributed by atoms with Gasteiger partial charge in [0.2, 0.25) is 0 Å². The second-order valence-electron chi connectivity index (χ2n) is 7.35. The minimum Gasteiger partial charge on any atom is -0.444 e. The van der Waals surface area contributed by atoms with Crippen LogP contribution in [0.25, 0.3) is 0 Å². The fourth-order valence-corrected chi connectivity index (χ4v) is 3.50. The number of likely N-dealkylation sites (tertiary alicyclic amines) is 1. The van der Waals surface area contributed by atoms with Crippen LogP contribution in [0.2, 0.25) is 0 Å². The molecule has 3 atom stereocenters. The van der Waals surface area contributed by atoms with E-state index in [4.69, 9.17) is 4.74 Å². The van der Waals surface area contributed by atoms with Crippen LogP contribution in [0.3, 0.4) is 0 Å². The number of ether oxygens (including phenoxy) is 1. The molecule has 0 aliphatic carbocycles. The van der Waals surface area contributed by atoms with Crippen molar-refractivity contribution >= 4 is 16.9 Å². The van der Waals surface area contributed by atoms with Crippen molar-refractivity contribution < 1.29 is 13.7 Å². The highest BCUT2D eigenvalue weighted by Crippen LogP contribution is 2.23. The zero-order valence-corrected chi connectivity index (χ0v) is 16.2. The second-order valence-corrected chi connectivity index (χ2v) is 9.21. The van der Waals surface area contributed by atoms with Crippen molar-refractivity contribution in [3.8, 4) is 0 Å². The average Bonchev–Trinajstić information content (AvgIpc) is 2.45. The van der Waals surface area contributed by atoms with Gasteiger partial charge in [-0.15, -0.1) is 0 Å². The van der Waals surface area contributed by atoms with Gasteiger partial charge in [0, 0.05) is 47.5 Å². The van der Waals surface area contributed by atoms with Crippen molar-refractivity contribution in [3.05, 3.63) is 0 Å². The fraction of sp³-hybridized carbons (Fsp3) is 0.941. The number of nitrogens with zero attached hydrogens (tertiary/aromatic N) is 1. The number of hydrogen-bond donors (Lipinski definition) is 1. The van der Waals surface area contributed by atoms with Gasteiger partial charge in [0.05, 0.1) is 0 Å². The van der Waals surface area contributed by atoms with Gasteiger partial charge in [0.25, 0.3) is 0 Å². The predicted molar refractivity (Wildman–Crippen MR) is 96.2 cm³/mol. The Kier molecular flexibility index (Phi) is 8.54. The lowest BCUT2D eigenvalue weighted by atomic mass is 9.97. The minimum absolute atomic E-state index is 0.193. The Hall–Kier alpha value is -0.620. The molecule has 3 unspecified atom stereocenters. The van der Waals surface area contributed by atoms with E-state index in [0.29, 0.717) is 17.5 Å². The molecule has 136 valence electrons. The van der Waals surface area contributed by atoms with E-state index in [1.54, 1.807) is 0 Å². The number of nitrogens with one attached hydrogen (secondary N) is 1. The number of hydrogen-bond acceptors (Lipinski definition) is 4. The van der Waals surface area contributed by atoms with Gasteiger partial charge in [-0.3, -0.25) is 4.21 Å². The Morgan fingerprint density at radius 1 is 1.39 bits per heavy atom. The van der Waals surface area contributed by atoms with Crippen LogP contribution in [0.15, 0.2) is 0 Å². The number of amides is 1. The molecule has 0 aromatic rings. The van der Waals surface area contributed by atoms with Crippen molar-refractivity contribution in [2.75, 3.05) is 24.6 Å². The van der Waals surface area contributed by atoms with E-state index in [9.17, 15) is 9.00 Å². The van der Waals surface area contributed by atoms with E-state index < -0.39 is 16.4 Å². The van der Waals surface area contributed by atoms with Crippen molar-refractivity contribution in [2.24, 2.45) is 0 Å². The quantitative estimate of drug-likeness (QED) is 0.770. The molecule has 0 aromatic heterocycles. The second kappa shape index (κ2) is 9.62. The Labute approximate surface area is 144 Å². The first-order valence-corrected chi connectivity index (χ1v) is 10.3. The lowest BCUT2D eigenvalue weighted by molar-refractivity contribution is 0.00794. The van der Waals surface area contributed by atoms with Gasteiger partial charge in [0.1, 0.15) is 5.60 Å². The van der Waals surface area contributed by atoms with Crippen LogP contribution in [0.5, 0.6) is 0 Å². The number of rotatable bonds is 7.